The van der Waals surface area contributed by atoms with E-state index in [1.165, 1.54) is 0 Å². The standard InChI is InChI=1S/C11H10N6O/c1-11(2-3-11)10-14-9(18-16-10)7-5-17-6-13-15-8(17)4-12-7/h4-6H,2-3H2,1H3. The lowest BCUT2D eigenvalue weighted by molar-refractivity contribution is 0.414. The predicted octanol–water partition coefficient (Wildman–Crippen LogP) is 1.23. The molecule has 0 atom stereocenters. The number of rotatable bonds is 2. The van der Waals surface area contributed by atoms with Crippen LogP contribution < -0.4 is 0 Å². The first-order valence-corrected chi connectivity index (χ1v) is 5.75. The number of fused-ring (bicyclic) bond motifs is 1. The van der Waals surface area contributed by atoms with Gasteiger partial charge in [-0.3, -0.25) is 4.40 Å². The Balaban J connectivity index is 1.79. The monoisotopic (exact) mass is 242 g/mol. The van der Waals surface area contributed by atoms with Gasteiger partial charge in [0.2, 0.25) is 0 Å². The lowest BCUT2D eigenvalue weighted by atomic mass is 10.1. The Morgan fingerprint density at radius 2 is 2.28 bits per heavy atom. The summed E-state index contributed by atoms with van der Waals surface area (Å²) in [5, 5.41) is 11.7. The van der Waals surface area contributed by atoms with Gasteiger partial charge in [0, 0.05) is 11.6 Å². The topological polar surface area (TPSA) is 82.0 Å². The van der Waals surface area contributed by atoms with Crippen molar-refractivity contribution in [3.8, 4) is 11.6 Å². The fourth-order valence-electron chi connectivity index (χ4n) is 1.83. The molecular weight excluding hydrogens is 232 g/mol. The highest BCUT2D eigenvalue weighted by Crippen LogP contribution is 2.46. The molecule has 0 saturated heterocycles. The van der Waals surface area contributed by atoms with Gasteiger partial charge in [0.1, 0.15) is 12.0 Å². The van der Waals surface area contributed by atoms with Gasteiger partial charge in [-0.15, -0.1) is 10.2 Å². The van der Waals surface area contributed by atoms with Crippen molar-refractivity contribution < 1.29 is 4.52 Å². The Morgan fingerprint density at radius 3 is 3.11 bits per heavy atom. The third-order valence-corrected chi connectivity index (χ3v) is 3.37. The first-order valence-electron chi connectivity index (χ1n) is 5.75. The SMILES string of the molecule is CC1(c2noc(-c3cn4cnnc4cn3)n2)CC1. The Morgan fingerprint density at radius 1 is 1.39 bits per heavy atom. The summed E-state index contributed by atoms with van der Waals surface area (Å²) in [6, 6.07) is 0. The molecule has 0 aliphatic heterocycles. The van der Waals surface area contributed by atoms with E-state index in [-0.39, 0.29) is 5.41 Å². The highest BCUT2D eigenvalue weighted by atomic mass is 16.5. The molecule has 3 aromatic heterocycles. The van der Waals surface area contributed by atoms with Gasteiger partial charge >= 0.3 is 0 Å². The second kappa shape index (κ2) is 3.12. The maximum Gasteiger partial charge on any atom is 0.278 e. The van der Waals surface area contributed by atoms with Gasteiger partial charge in [-0.25, -0.2) is 4.98 Å². The average molecular weight is 242 g/mol. The number of hydrogen-bond donors (Lipinski definition) is 0. The molecule has 7 nitrogen and oxygen atoms in total. The normalized spacial score (nSPS) is 17.2. The summed E-state index contributed by atoms with van der Waals surface area (Å²) < 4.78 is 7.03. The molecular formula is C11H10N6O. The van der Waals surface area contributed by atoms with Gasteiger partial charge in [-0.1, -0.05) is 12.1 Å². The second-order valence-corrected chi connectivity index (χ2v) is 4.85. The zero-order valence-electron chi connectivity index (χ0n) is 9.74. The summed E-state index contributed by atoms with van der Waals surface area (Å²) in [7, 11) is 0. The molecule has 18 heavy (non-hydrogen) atoms. The van der Waals surface area contributed by atoms with E-state index in [1.807, 2.05) is 0 Å². The molecule has 7 heteroatoms. The largest absolute Gasteiger partial charge is 0.332 e. The van der Waals surface area contributed by atoms with E-state index < -0.39 is 0 Å². The molecule has 1 fully saturated rings. The number of aromatic nitrogens is 6. The third kappa shape index (κ3) is 1.33. The lowest BCUT2D eigenvalue weighted by Crippen LogP contribution is -2.02. The molecule has 0 radical (unpaired) electrons. The van der Waals surface area contributed by atoms with E-state index in [0.717, 1.165) is 18.7 Å². The van der Waals surface area contributed by atoms with Crippen molar-refractivity contribution >= 4 is 5.65 Å². The molecule has 0 spiro atoms. The van der Waals surface area contributed by atoms with E-state index >= 15 is 0 Å². The van der Waals surface area contributed by atoms with E-state index in [9.17, 15) is 0 Å². The van der Waals surface area contributed by atoms with Crippen molar-refractivity contribution in [2.24, 2.45) is 0 Å². The van der Waals surface area contributed by atoms with E-state index in [1.54, 1.807) is 23.1 Å². The van der Waals surface area contributed by atoms with Crippen molar-refractivity contribution in [2.75, 3.05) is 0 Å². The van der Waals surface area contributed by atoms with Gasteiger partial charge in [0.05, 0.1) is 6.20 Å². The molecule has 90 valence electrons. The molecule has 3 aromatic rings. The molecule has 4 rings (SSSR count). The van der Waals surface area contributed by atoms with Crippen LogP contribution in [0.4, 0.5) is 0 Å². The molecule has 1 aliphatic carbocycles. The van der Waals surface area contributed by atoms with Crippen LogP contribution in [0.3, 0.4) is 0 Å². The smallest absolute Gasteiger partial charge is 0.278 e. The molecule has 0 aromatic carbocycles. The van der Waals surface area contributed by atoms with Crippen LogP contribution in [0.25, 0.3) is 17.2 Å². The third-order valence-electron chi connectivity index (χ3n) is 3.37. The fourth-order valence-corrected chi connectivity index (χ4v) is 1.83. The number of nitrogens with zero attached hydrogens (tertiary/aromatic N) is 6. The predicted molar refractivity (Wildman–Crippen MR) is 60.7 cm³/mol. The van der Waals surface area contributed by atoms with Gasteiger partial charge in [-0.05, 0) is 12.8 Å². The van der Waals surface area contributed by atoms with E-state index in [0.29, 0.717) is 17.2 Å². The quantitative estimate of drug-likeness (QED) is 0.672. The zero-order valence-corrected chi connectivity index (χ0v) is 9.74. The minimum absolute atomic E-state index is 0.0996. The highest BCUT2D eigenvalue weighted by Gasteiger charge is 2.43. The second-order valence-electron chi connectivity index (χ2n) is 4.85. The first-order chi connectivity index (χ1) is 8.74. The first kappa shape index (κ1) is 9.69. The average Bonchev–Trinajstić information content (AvgIpc) is 2.89. The minimum atomic E-state index is 0.0996. The number of hydrogen-bond acceptors (Lipinski definition) is 6. The van der Waals surface area contributed by atoms with E-state index in [4.69, 9.17) is 4.52 Å². The van der Waals surface area contributed by atoms with Crippen LogP contribution in [-0.4, -0.2) is 29.7 Å². The van der Waals surface area contributed by atoms with Crippen LogP contribution in [0.2, 0.25) is 0 Å². The summed E-state index contributed by atoms with van der Waals surface area (Å²) in [4.78, 5) is 8.66. The summed E-state index contributed by atoms with van der Waals surface area (Å²) in [5.41, 5.74) is 1.42. The van der Waals surface area contributed by atoms with Crippen molar-refractivity contribution in [3.63, 3.8) is 0 Å². The van der Waals surface area contributed by atoms with Crippen LogP contribution in [-0.2, 0) is 5.41 Å². The molecule has 1 saturated carbocycles. The minimum Gasteiger partial charge on any atom is -0.332 e. The van der Waals surface area contributed by atoms with Gasteiger partial charge in [0.15, 0.2) is 11.5 Å². The summed E-state index contributed by atoms with van der Waals surface area (Å²) in [6.07, 6.45) is 7.25. The van der Waals surface area contributed by atoms with Crippen LogP contribution >= 0.6 is 0 Å². The summed E-state index contributed by atoms with van der Waals surface area (Å²) >= 11 is 0. The molecule has 0 N–H and O–H groups in total. The zero-order chi connectivity index (χ0) is 12.2. The highest BCUT2D eigenvalue weighted by molar-refractivity contribution is 5.48. The molecule has 0 amide bonds. The molecule has 1 aliphatic rings. The van der Waals surface area contributed by atoms with Crippen LogP contribution in [0.1, 0.15) is 25.6 Å². The van der Waals surface area contributed by atoms with Crippen molar-refractivity contribution in [2.45, 2.75) is 25.2 Å². The summed E-state index contributed by atoms with van der Waals surface area (Å²) in [6.45, 7) is 2.14. The Hall–Kier alpha value is -2.31. The lowest BCUT2D eigenvalue weighted by Gasteiger charge is -1.97. The Kier molecular flexibility index (Phi) is 1.68. The summed E-state index contributed by atoms with van der Waals surface area (Å²) in [5.74, 6) is 1.21. The van der Waals surface area contributed by atoms with Crippen LogP contribution in [0, 0.1) is 0 Å². The van der Waals surface area contributed by atoms with Crippen molar-refractivity contribution in [1.82, 2.24) is 29.7 Å². The molecule has 0 unspecified atom stereocenters. The maximum absolute atomic E-state index is 5.26. The van der Waals surface area contributed by atoms with Gasteiger partial charge in [-0.2, -0.15) is 4.98 Å². The van der Waals surface area contributed by atoms with E-state index in [2.05, 4.69) is 32.2 Å². The fraction of sp³-hybridized carbons (Fsp3) is 0.364. The Labute approximate surface area is 102 Å². The van der Waals surface area contributed by atoms with Crippen molar-refractivity contribution in [1.29, 1.82) is 0 Å². The molecule has 0 bridgehead atoms. The van der Waals surface area contributed by atoms with Crippen LogP contribution in [0.5, 0.6) is 0 Å². The van der Waals surface area contributed by atoms with Gasteiger partial charge in [0.25, 0.3) is 5.89 Å². The Bertz CT molecular complexity index is 726. The van der Waals surface area contributed by atoms with Gasteiger partial charge < -0.3 is 4.52 Å². The van der Waals surface area contributed by atoms with Crippen LogP contribution in [0.15, 0.2) is 23.2 Å². The maximum atomic E-state index is 5.26. The van der Waals surface area contributed by atoms with Crippen molar-refractivity contribution in [3.05, 3.63) is 24.5 Å². The molecule has 3 heterocycles.